The van der Waals surface area contributed by atoms with E-state index >= 15 is 0 Å². The van der Waals surface area contributed by atoms with Crippen molar-refractivity contribution >= 4 is 143 Å². The summed E-state index contributed by atoms with van der Waals surface area (Å²) in [6.45, 7) is 0. The van der Waals surface area contributed by atoms with E-state index in [-0.39, 0.29) is 0 Å². The van der Waals surface area contributed by atoms with Crippen molar-refractivity contribution in [1.82, 2.24) is 9.97 Å². The molecule has 0 aliphatic carbocycles. The molecule has 0 aliphatic heterocycles. The van der Waals surface area contributed by atoms with Crippen LogP contribution in [0.25, 0.3) is 164 Å². The van der Waals surface area contributed by atoms with Gasteiger partial charge in [-0.15, -0.1) is 0 Å². The zero-order valence-corrected chi connectivity index (χ0v) is 54.1. The molecule has 0 unspecified atom stereocenters. The third kappa shape index (κ3) is 9.56. The fourth-order valence-corrected chi connectivity index (χ4v) is 15.5. The van der Waals surface area contributed by atoms with Crippen molar-refractivity contribution in [1.29, 1.82) is 0 Å². The first-order chi connectivity index (χ1) is 49.5. The van der Waals surface area contributed by atoms with Crippen LogP contribution in [0.5, 0.6) is 0 Å². The minimum atomic E-state index is 0.592. The monoisotopic (exact) mass is 1270 g/mol. The maximum atomic E-state index is 7.02. The van der Waals surface area contributed by atoms with Gasteiger partial charge in [-0.05, 0) is 229 Å². The van der Waals surface area contributed by atoms with Gasteiger partial charge in [0.2, 0.25) is 11.4 Å². The van der Waals surface area contributed by atoms with Gasteiger partial charge in [0, 0.05) is 68.4 Å². The number of nitrogens with zero attached hydrogens (tertiary/aromatic N) is 4. The second kappa shape index (κ2) is 23.2. The first-order valence-corrected chi connectivity index (χ1v) is 34.0. The molecular weight excluding hydrogens is 1220 g/mol. The van der Waals surface area contributed by atoms with Crippen LogP contribution in [0.3, 0.4) is 0 Å². The van der Waals surface area contributed by atoms with Gasteiger partial charge in [-0.25, -0.2) is 9.97 Å². The molecule has 16 aromatic carbocycles. The van der Waals surface area contributed by atoms with Crippen molar-refractivity contribution in [3.63, 3.8) is 0 Å². The van der Waals surface area contributed by atoms with Crippen LogP contribution in [-0.2, 0) is 0 Å². The van der Waals surface area contributed by atoms with Crippen molar-refractivity contribution in [3.05, 3.63) is 352 Å². The van der Waals surface area contributed by atoms with Crippen LogP contribution in [0.15, 0.2) is 361 Å². The summed E-state index contributed by atoms with van der Waals surface area (Å²) in [7, 11) is 0. The Kier molecular flexibility index (Phi) is 13.2. The lowest BCUT2D eigenvalue weighted by atomic mass is 9.92. The van der Waals surface area contributed by atoms with Crippen LogP contribution >= 0.6 is 0 Å². The Morgan fingerprint density at radius 1 is 0.220 bits per heavy atom. The van der Waals surface area contributed by atoms with Gasteiger partial charge >= 0.3 is 0 Å². The summed E-state index contributed by atoms with van der Waals surface area (Å²) in [5.74, 6) is 0. The summed E-state index contributed by atoms with van der Waals surface area (Å²) in [6, 6.07) is 123. The Morgan fingerprint density at radius 2 is 0.630 bits per heavy atom. The Hall–Kier alpha value is -13.4. The molecule has 4 heterocycles. The number of benzene rings is 16. The summed E-state index contributed by atoms with van der Waals surface area (Å²) in [5, 5.41) is 18.7. The predicted molar refractivity (Wildman–Crippen MR) is 418 cm³/mol. The molecule has 6 heteroatoms. The van der Waals surface area contributed by atoms with Gasteiger partial charge in [0.1, 0.15) is 5.58 Å². The zero-order valence-electron chi connectivity index (χ0n) is 54.1. The number of fused-ring (bicyclic) bond motifs is 16. The summed E-state index contributed by atoms with van der Waals surface area (Å²) in [5.41, 5.74) is 20.2. The van der Waals surface area contributed by atoms with Crippen LogP contribution in [0.2, 0.25) is 0 Å². The van der Waals surface area contributed by atoms with Gasteiger partial charge in [-0.1, -0.05) is 224 Å². The molecule has 0 saturated carbocycles. The van der Waals surface area contributed by atoms with Gasteiger partial charge in [-0.3, -0.25) is 0 Å². The minimum absolute atomic E-state index is 0.592. The summed E-state index contributed by atoms with van der Waals surface area (Å²) in [6.07, 6.45) is 3.59. The highest BCUT2D eigenvalue weighted by Gasteiger charge is 2.25. The van der Waals surface area contributed by atoms with Crippen molar-refractivity contribution in [3.8, 4) is 55.6 Å². The van der Waals surface area contributed by atoms with E-state index in [2.05, 4.69) is 342 Å². The Bertz CT molecular complexity index is 6620. The van der Waals surface area contributed by atoms with Crippen molar-refractivity contribution in [2.45, 2.75) is 0 Å². The Balaban J connectivity index is 0.649. The van der Waals surface area contributed by atoms with Gasteiger partial charge < -0.3 is 18.6 Å². The van der Waals surface area contributed by atoms with Gasteiger partial charge in [0.25, 0.3) is 0 Å². The maximum Gasteiger partial charge on any atom is 0.227 e. The number of anilines is 6. The molecule has 100 heavy (non-hydrogen) atoms. The first-order valence-electron chi connectivity index (χ1n) is 34.0. The smallest absolute Gasteiger partial charge is 0.227 e. The number of hydrogen-bond donors (Lipinski definition) is 0. The van der Waals surface area contributed by atoms with E-state index in [4.69, 9.17) is 13.8 Å². The Morgan fingerprint density at radius 3 is 1.24 bits per heavy atom. The molecule has 0 bridgehead atoms. The SMILES string of the molecule is c1ccc(-c2ccc(N(c3ccc(-c4ccc5c(ccc6ccc7cc(-c8ccc(N(c9ccc(-c%10ccccc%10)cc9)c9ccc(-c%10ccc%11c(ccc%12c%13ccccc%13ccc%11%12)c%10)cc9)c9oc%10ncccc%10c89)ccc7c65)c4)cc3)c3ccc4c(c3)oc3ncccc34)cc2)cc1. The molecule has 0 atom stereocenters. The summed E-state index contributed by atoms with van der Waals surface area (Å²) >= 11 is 0. The largest absolute Gasteiger partial charge is 0.438 e. The topological polar surface area (TPSA) is 58.5 Å². The van der Waals surface area contributed by atoms with Crippen molar-refractivity contribution < 1.29 is 8.83 Å². The second-order valence-electron chi connectivity index (χ2n) is 26.0. The molecule has 466 valence electrons. The van der Waals surface area contributed by atoms with E-state index in [9.17, 15) is 0 Å². The Labute approximate surface area is 575 Å². The highest BCUT2D eigenvalue weighted by molar-refractivity contribution is 6.23. The quantitative estimate of drug-likeness (QED) is 0.120. The molecule has 0 aliphatic rings. The van der Waals surface area contributed by atoms with Crippen LogP contribution < -0.4 is 9.80 Å². The normalized spacial score (nSPS) is 11.8. The van der Waals surface area contributed by atoms with Gasteiger partial charge in [0.15, 0.2) is 5.58 Å². The molecule has 0 fully saturated rings. The molecule has 0 saturated heterocycles. The van der Waals surface area contributed by atoms with Crippen LogP contribution in [0.4, 0.5) is 34.1 Å². The van der Waals surface area contributed by atoms with Crippen LogP contribution in [0.1, 0.15) is 0 Å². The number of aromatic nitrogens is 2. The molecule has 0 radical (unpaired) electrons. The third-order valence-corrected chi connectivity index (χ3v) is 20.4. The van der Waals surface area contributed by atoms with Gasteiger partial charge in [0.05, 0.1) is 5.69 Å². The molecular formula is C94H58N4O2. The number of hydrogen-bond acceptors (Lipinski definition) is 6. The summed E-state index contributed by atoms with van der Waals surface area (Å²) in [4.78, 5) is 14.0. The molecule has 0 amide bonds. The molecule has 0 spiro atoms. The molecule has 6 nitrogen and oxygen atoms in total. The van der Waals surface area contributed by atoms with E-state index in [1.54, 1.807) is 6.20 Å². The van der Waals surface area contributed by atoms with Crippen LogP contribution in [-0.4, -0.2) is 9.97 Å². The highest BCUT2D eigenvalue weighted by Crippen LogP contribution is 2.48. The van der Waals surface area contributed by atoms with E-state index in [0.29, 0.717) is 11.4 Å². The summed E-state index contributed by atoms with van der Waals surface area (Å²) < 4.78 is 13.3. The second-order valence-corrected chi connectivity index (χ2v) is 26.0. The lowest BCUT2D eigenvalue weighted by Crippen LogP contribution is -2.10. The average Bonchev–Trinajstić information content (AvgIpc) is 1.62. The number of rotatable bonds is 11. The van der Waals surface area contributed by atoms with Crippen molar-refractivity contribution in [2.24, 2.45) is 0 Å². The lowest BCUT2D eigenvalue weighted by Gasteiger charge is -2.26. The molecule has 20 aromatic rings. The highest BCUT2D eigenvalue weighted by atomic mass is 16.3. The fourth-order valence-electron chi connectivity index (χ4n) is 15.5. The third-order valence-electron chi connectivity index (χ3n) is 20.4. The maximum absolute atomic E-state index is 7.02. The first kappa shape index (κ1) is 56.9. The molecule has 0 N–H and O–H groups in total. The van der Waals surface area contributed by atoms with Crippen LogP contribution in [0, 0.1) is 0 Å². The van der Waals surface area contributed by atoms with E-state index in [1.807, 2.05) is 18.3 Å². The van der Waals surface area contributed by atoms with E-state index in [1.165, 1.54) is 70.4 Å². The fraction of sp³-hybridized carbons (Fsp3) is 0. The van der Waals surface area contributed by atoms with Crippen molar-refractivity contribution in [2.75, 3.05) is 9.80 Å². The van der Waals surface area contributed by atoms with Gasteiger partial charge in [-0.2, -0.15) is 0 Å². The number of furan rings is 2. The average molecular weight is 1280 g/mol. The molecule has 20 rings (SSSR count). The zero-order chi connectivity index (χ0) is 65.8. The minimum Gasteiger partial charge on any atom is -0.438 e. The number of pyridine rings is 2. The lowest BCUT2D eigenvalue weighted by molar-refractivity contribution is 0.654. The predicted octanol–water partition coefficient (Wildman–Crippen LogP) is 26.5. The van der Waals surface area contributed by atoms with E-state index in [0.717, 1.165) is 117 Å². The standard InChI is InChI=1S/C94H58N4O2/c1-3-11-59(12-4-1)61-23-36-73(37-24-61)97(77-44-50-85-86-17-9-53-95-93(86)99-89(85)58-77)74-38-27-63(28-39-74)68-33-46-80-70(56-68)21-19-66-20-22-71-57-72(34-47-81(71)90(66)80)82-51-52-88(92-91(82)87-18-10-54-96-94(87)100-92)98(75-40-25-62(26-41-75)60-13-5-2-6-14-60)76-42-29-64(30-43-76)67-32-45-79-69(55-67)35-49-83-78-16-8-7-15-65(78)31-48-84(79)83/h1-58H. The van der Waals surface area contributed by atoms with E-state index < -0.39 is 0 Å². The molecule has 4 aromatic heterocycles.